The predicted molar refractivity (Wildman–Crippen MR) is 55.0 cm³/mol. The smallest absolute Gasteiger partial charge is 0.315 e. The molecule has 0 unspecified atom stereocenters. The van der Waals surface area contributed by atoms with E-state index in [4.69, 9.17) is 4.74 Å². The summed E-state index contributed by atoms with van der Waals surface area (Å²) in [5, 5.41) is 19.2. The van der Waals surface area contributed by atoms with Crippen LogP contribution >= 0.6 is 0 Å². The van der Waals surface area contributed by atoms with Gasteiger partial charge in [-0.2, -0.15) is 0 Å². The Hall–Kier alpha value is -1.13. The molecule has 1 rings (SSSR count). The number of rotatable bonds is 3. The Morgan fingerprint density at radius 1 is 1.47 bits per heavy atom. The van der Waals surface area contributed by atoms with Gasteiger partial charge < -0.3 is 14.9 Å². The maximum absolute atomic E-state index is 11.3. The summed E-state index contributed by atoms with van der Waals surface area (Å²) < 4.78 is 4.81. The first-order valence-corrected chi connectivity index (χ1v) is 4.94. The summed E-state index contributed by atoms with van der Waals surface area (Å²) in [6.45, 7) is 3.45. The van der Waals surface area contributed by atoms with Crippen molar-refractivity contribution in [2.75, 3.05) is 0 Å². The van der Waals surface area contributed by atoms with E-state index < -0.39 is 30.2 Å². The first-order chi connectivity index (χ1) is 7.07. The lowest BCUT2D eigenvalue weighted by molar-refractivity contribution is -0.145. The van der Waals surface area contributed by atoms with Crippen molar-refractivity contribution in [3.05, 3.63) is 24.3 Å². The highest BCUT2D eigenvalue weighted by Gasteiger charge is 2.44. The van der Waals surface area contributed by atoms with E-state index in [9.17, 15) is 15.0 Å². The highest BCUT2D eigenvalue weighted by atomic mass is 16.6. The van der Waals surface area contributed by atoms with Gasteiger partial charge in [0.25, 0.3) is 0 Å². The first-order valence-electron chi connectivity index (χ1n) is 4.94. The fraction of sp³-hybridized carbons (Fsp3) is 0.545. The van der Waals surface area contributed by atoms with Crippen LogP contribution in [0.5, 0.6) is 0 Å². The molecule has 0 aromatic rings. The first kappa shape index (κ1) is 11.9. The van der Waals surface area contributed by atoms with Crippen molar-refractivity contribution in [1.82, 2.24) is 0 Å². The van der Waals surface area contributed by atoms with E-state index in [0.29, 0.717) is 0 Å². The molecule has 1 aliphatic rings. The van der Waals surface area contributed by atoms with Gasteiger partial charge in [0.2, 0.25) is 0 Å². The van der Waals surface area contributed by atoms with Crippen LogP contribution in [0.25, 0.3) is 0 Å². The van der Waals surface area contributed by atoms with Gasteiger partial charge in [-0.25, -0.2) is 0 Å². The molecule has 4 atom stereocenters. The molecule has 0 aromatic heterocycles. The maximum atomic E-state index is 11.3. The van der Waals surface area contributed by atoms with E-state index in [2.05, 4.69) is 0 Å². The predicted octanol–water partition coefficient (Wildman–Crippen LogP) is 0.402. The van der Waals surface area contributed by atoms with E-state index >= 15 is 0 Å². The van der Waals surface area contributed by atoms with Crippen molar-refractivity contribution >= 4 is 5.97 Å². The summed E-state index contributed by atoms with van der Waals surface area (Å²) >= 11 is 0. The van der Waals surface area contributed by atoms with Gasteiger partial charge in [0, 0.05) is 0 Å². The molecule has 84 valence electrons. The number of cyclic esters (lactones) is 1. The Kier molecular flexibility index (Phi) is 4.05. The fourth-order valence-corrected chi connectivity index (χ4v) is 1.51. The average molecular weight is 212 g/mol. The molecule has 4 nitrogen and oxygen atoms in total. The van der Waals surface area contributed by atoms with Crippen LogP contribution in [0.2, 0.25) is 0 Å². The van der Waals surface area contributed by atoms with Crippen LogP contribution in [0.1, 0.15) is 13.8 Å². The number of carbonyl (C=O) groups is 1. The molecular weight excluding hydrogens is 196 g/mol. The third-order valence-electron chi connectivity index (χ3n) is 2.40. The van der Waals surface area contributed by atoms with Crippen LogP contribution in [0.15, 0.2) is 24.3 Å². The Morgan fingerprint density at radius 3 is 2.60 bits per heavy atom. The van der Waals surface area contributed by atoms with Crippen LogP contribution < -0.4 is 0 Å². The monoisotopic (exact) mass is 212 g/mol. The van der Waals surface area contributed by atoms with Crippen LogP contribution in [0.3, 0.4) is 0 Å². The molecule has 0 aromatic carbocycles. The molecule has 15 heavy (non-hydrogen) atoms. The molecule has 0 bridgehead atoms. The molecule has 1 fully saturated rings. The average Bonchev–Trinajstić information content (AvgIpc) is 2.41. The van der Waals surface area contributed by atoms with Gasteiger partial charge in [0.05, 0.1) is 6.10 Å². The number of esters is 1. The summed E-state index contributed by atoms with van der Waals surface area (Å²) in [6, 6.07) is 0. The molecule has 4 heteroatoms. The minimum atomic E-state index is -1.01. The molecule has 1 heterocycles. The second kappa shape index (κ2) is 5.09. The molecule has 0 aliphatic carbocycles. The van der Waals surface area contributed by atoms with Gasteiger partial charge in [-0.1, -0.05) is 24.3 Å². The van der Waals surface area contributed by atoms with Gasteiger partial charge in [0.1, 0.15) is 18.1 Å². The summed E-state index contributed by atoms with van der Waals surface area (Å²) in [6.07, 6.45) is 4.14. The van der Waals surface area contributed by atoms with Crippen molar-refractivity contribution in [1.29, 1.82) is 0 Å². The lowest BCUT2D eigenvalue weighted by Gasteiger charge is -2.14. The third kappa shape index (κ3) is 2.67. The van der Waals surface area contributed by atoms with Crippen LogP contribution in [-0.2, 0) is 9.53 Å². The molecule has 0 amide bonds. The quantitative estimate of drug-likeness (QED) is 0.525. The standard InChI is InChI=1S/C11H16O4/c1-3-4-5-6-8(12)9-10(13)7(2)15-11(9)14/h3-10,12-13H,1-2H3/b4-3+,6-5+/t7-,8-,9-,10+/m0/s1. The maximum Gasteiger partial charge on any atom is 0.315 e. The SMILES string of the molecule is C/C=C/C=C/[C@H](O)[C@@H]1C(=O)O[C@@H](C)[C@H]1O. The van der Waals surface area contributed by atoms with Gasteiger partial charge in [-0.3, -0.25) is 4.79 Å². The second-order valence-electron chi connectivity index (χ2n) is 3.56. The fourth-order valence-electron chi connectivity index (χ4n) is 1.51. The second-order valence-corrected chi connectivity index (χ2v) is 3.56. The van der Waals surface area contributed by atoms with Gasteiger partial charge in [-0.05, 0) is 13.8 Å². The van der Waals surface area contributed by atoms with Gasteiger partial charge >= 0.3 is 5.97 Å². The van der Waals surface area contributed by atoms with Crippen molar-refractivity contribution < 1.29 is 19.7 Å². The molecule has 0 spiro atoms. The Labute approximate surface area is 88.9 Å². The number of carbonyl (C=O) groups excluding carboxylic acids is 1. The van der Waals surface area contributed by atoms with Crippen molar-refractivity contribution in [3.8, 4) is 0 Å². The molecule has 0 saturated carbocycles. The van der Waals surface area contributed by atoms with E-state index in [1.807, 2.05) is 6.92 Å². The summed E-state index contributed by atoms with van der Waals surface area (Å²) in [5.74, 6) is -1.42. The lowest BCUT2D eigenvalue weighted by atomic mass is 9.95. The highest BCUT2D eigenvalue weighted by Crippen LogP contribution is 2.25. The van der Waals surface area contributed by atoms with E-state index in [1.54, 1.807) is 25.2 Å². The van der Waals surface area contributed by atoms with E-state index in [0.717, 1.165) is 0 Å². The number of hydrogen-bond donors (Lipinski definition) is 2. The van der Waals surface area contributed by atoms with Gasteiger partial charge in [-0.15, -0.1) is 0 Å². The zero-order valence-electron chi connectivity index (χ0n) is 8.83. The Balaban J connectivity index is 2.66. The molecular formula is C11H16O4. The van der Waals surface area contributed by atoms with Crippen LogP contribution in [-0.4, -0.2) is 34.5 Å². The number of hydrogen-bond acceptors (Lipinski definition) is 4. The number of allylic oxidation sites excluding steroid dienone is 3. The Bertz CT molecular complexity index is 282. The number of ether oxygens (including phenoxy) is 1. The zero-order chi connectivity index (χ0) is 11.4. The zero-order valence-corrected chi connectivity index (χ0v) is 8.83. The molecule has 2 N–H and O–H groups in total. The summed E-state index contributed by atoms with van der Waals surface area (Å²) in [4.78, 5) is 11.3. The summed E-state index contributed by atoms with van der Waals surface area (Å²) in [5.41, 5.74) is 0. The van der Waals surface area contributed by atoms with Crippen molar-refractivity contribution in [3.63, 3.8) is 0 Å². The van der Waals surface area contributed by atoms with Crippen LogP contribution in [0, 0.1) is 5.92 Å². The lowest BCUT2D eigenvalue weighted by Crippen LogP contribution is -2.33. The van der Waals surface area contributed by atoms with Gasteiger partial charge in [0.15, 0.2) is 0 Å². The number of aliphatic hydroxyl groups is 2. The van der Waals surface area contributed by atoms with Crippen molar-refractivity contribution in [2.24, 2.45) is 5.92 Å². The van der Waals surface area contributed by atoms with E-state index in [-0.39, 0.29) is 0 Å². The molecule has 1 saturated heterocycles. The Morgan fingerprint density at radius 2 is 2.13 bits per heavy atom. The number of aliphatic hydroxyl groups excluding tert-OH is 2. The largest absolute Gasteiger partial charge is 0.460 e. The van der Waals surface area contributed by atoms with Crippen LogP contribution in [0.4, 0.5) is 0 Å². The minimum Gasteiger partial charge on any atom is -0.460 e. The molecule has 0 radical (unpaired) electrons. The highest BCUT2D eigenvalue weighted by molar-refractivity contribution is 5.76. The van der Waals surface area contributed by atoms with Crippen molar-refractivity contribution in [2.45, 2.75) is 32.2 Å². The molecule has 1 aliphatic heterocycles. The summed E-state index contributed by atoms with van der Waals surface area (Å²) in [7, 11) is 0. The third-order valence-corrected chi connectivity index (χ3v) is 2.40. The minimum absolute atomic E-state index is 0.548. The normalized spacial score (nSPS) is 33.9. The topological polar surface area (TPSA) is 66.8 Å². The van der Waals surface area contributed by atoms with E-state index in [1.165, 1.54) is 6.08 Å².